The zero-order valence-corrected chi connectivity index (χ0v) is 10.9. The number of aromatic hydroxyl groups is 2. The van der Waals surface area contributed by atoms with Gasteiger partial charge >= 0.3 is 17.9 Å². The highest BCUT2D eigenvalue weighted by atomic mass is 16.6. The number of benzene rings is 1. The van der Waals surface area contributed by atoms with Gasteiger partial charge in [0.2, 0.25) is 0 Å². The lowest BCUT2D eigenvalue weighted by Gasteiger charge is -2.05. The molecule has 8 heteroatoms. The zero-order valence-electron chi connectivity index (χ0n) is 10.9. The molecule has 1 aromatic rings. The Kier molecular flexibility index (Phi) is 5.75. The van der Waals surface area contributed by atoms with Crippen LogP contribution in [0.25, 0.3) is 0 Å². The Hall–Kier alpha value is -3.03. The predicted molar refractivity (Wildman–Crippen MR) is 67.5 cm³/mol. The number of phenolic OH excluding ortho intramolecular Hbond substituents is 2. The van der Waals surface area contributed by atoms with E-state index in [4.69, 9.17) is 4.74 Å². The molecule has 1 rings (SSSR count). The van der Waals surface area contributed by atoms with Crippen molar-refractivity contribution in [1.82, 2.24) is 0 Å². The van der Waals surface area contributed by atoms with Crippen molar-refractivity contribution in [2.75, 3.05) is 13.7 Å². The fourth-order valence-corrected chi connectivity index (χ4v) is 1.17. The number of esters is 3. The Balaban J connectivity index is 2.45. The van der Waals surface area contributed by atoms with E-state index in [1.54, 1.807) is 0 Å². The Bertz CT molecular complexity index is 555. The fraction of sp³-hybridized carbons (Fsp3) is 0.154. The van der Waals surface area contributed by atoms with Gasteiger partial charge < -0.3 is 24.4 Å². The second-order valence-corrected chi connectivity index (χ2v) is 3.62. The van der Waals surface area contributed by atoms with Crippen molar-refractivity contribution in [1.29, 1.82) is 0 Å². The number of carbonyl (C=O) groups is 3. The smallest absolute Gasteiger partial charge is 0.349 e. The van der Waals surface area contributed by atoms with Gasteiger partial charge in [-0.3, -0.25) is 0 Å². The number of phenols is 2. The highest BCUT2D eigenvalue weighted by molar-refractivity contribution is 5.92. The first-order valence-corrected chi connectivity index (χ1v) is 5.57. The zero-order chi connectivity index (χ0) is 15.8. The monoisotopic (exact) mass is 296 g/mol. The summed E-state index contributed by atoms with van der Waals surface area (Å²) >= 11 is 0. The van der Waals surface area contributed by atoms with E-state index in [2.05, 4.69) is 9.47 Å². The van der Waals surface area contributed by atoms with Crippen molar-refractivity contribution in [2.45, 2.75) is 0 Å². The van der Waals surface area contributed by atoms with E-state index < -0.39 is 24.5 Å². The van der Waals surface area contributed by atoms with Crippen molar-refractivity contribution in [2.24, 2.45) is 0 Å². The molecular formula is C13H12O8. The number of ether oxygens (including phenoxy) is 3. The molecule has 0 spiro atoms. The average Bonchev–Trinajstić information content (AvgIpc) is 2.41. The molecule has 8 nitrogen and oxygen atoms in total. The summed E-state index contributed by atoms with van der Waals surface area (Å²) in [5.41, 5.74) is 0. The Labute approximate surface area is 119 Å². The van der Waals surface area contributed by atoms with E-state index in [0.717, 1.165) is 37.5 Å². The van der Waals surface area contributed by atoms with Crippen LogP contribution in [0.3, 0.4) is 0 Å². The quantitative estimate of drug-likeness (QED) is 0.451. The highest BCUT2D eigenvalue weighted by Crippen LogP contribution is 2.25. The Morgan fingerprint density at radius 3 is 2.19 bits per heavy atom. The van der Waals surface area contributed by atoms with E-state index in [-0.39, 0.29) is 17.2 Å². The second-order valence-electron chi connectivity index (χ2n) is 3.62. The summed E-state index contributed by atoms with van der Waals surface area (Å²) in [6.07, 6.45) is 1.63. The molecule has 0 heterocycles. The summed E-state index contributed by atoms with van der Waals surface area (Å²) in [7, 11) is 1.14. The molecule has 0 aliphatic rings. The van der Waals surface area contributed by atoms with Gasteiger partial charge in [0.15, 0.2) is 6.61 Å². The molecule has 0 aliphatic carbocycles. The molecule has 0 aromatic heterocycles. The third kappa shape index (κ3) is 6.10. The van der Waals surface area contributed by atoms with Crippen molar-refractivity contribution < 1.29 is 38.8 Å². The van der Waals surface area contributed by atoms with Crippen LogP contribution in [0.2, 0.25) is 0 Å². The topological polar surface area (TPSA) is 119 Å². The summed E-state index contributed by atoms with van der Waals surface area (Å²) in [6.45, 7) is -0.708. The van der Waals surface area contributed by atoms with E-state index in [9.17, 15) is 24.6 Å². The van der Waals surface area contributed by atoms with Crippen LogP contribution in [0, 0.1) is 0 Å². The number of carbonyl (C=O) groups excluding carboxylic acids is 3. The minimum Gasteiger partial charge on any atom is -0.508 e. The van der Waals surface area contributed by atoms with Crippen LogP contribution in [-0.2, 0) is 23.9 Å². The van der Waals surface area contributed by atoms with E-state index in [1.165, 1.54) is 0 Å². The number of hydrogen-bond donors (Lipinski definition) is 2. The Morgan fingerprint density at radius 2 is 1.62 bits per heavy atom. The Morgan fingerprint density at radius 1 is 1.05 bits per heavy atom. The lowest BCUT2D eigenvalue weighted by Crippen LogP contribution is -2.18. The van der Waals surface area contributed by atoms with Crippen molar-refractivity contribution in [3.63, 3.8) is 0 Å². The van der Waals surface area contributed by atoms with Crippen LogP contribution in [-0.4, -0.2) is 41.8 Å². The van der Waals surface area contributed by atoms with Crippen LogP contribution in [0.5, 0.6) is 17.2 Å². The molecular weight excluding hydrogens is 284 g/mol. The predicted octanol–water partition coefficient (Wildman–Crippen LogP) is 0.276. The van der Waals surface area contributed by atoms with Gasteiger partial charge in [0.05, 0.1) is 7.11 Å². The third-order valence-electron chi connectivity index (χ3n) is 2.00. The maximum Gasteiger partial charge on any atom is 0.349 e. The highest BCUT2D eigenvalue weighted by Gasteiger charge is 2.10. The SMILES string of the molecule is COC(=O)/C=C\C(=O)OCC(=O)Oc1cc(O)cc(O)c1. The molecule has 0 saturated heterocycles. The third-order valence-corrected chi connectivity index (χ3v) is 2.00. The molecule has 0 amide bonds. The van der Waals surface area contributed by atoms with Gasteiger partial charge in [-0.1, -0.05) is 0 Å². The average molecular weight is 296 g/mol. The molecule has 2 N–H and O–H groups in total. The molecule has 112 valence electrons. The molecule has 0 fully saturated rings. The largest absolute Gasteiger partial charge is 0.508 e. The van der Waals surface area contributed by atoms with E-state index >= 15 is 0 Å². The van der Waals surface area contributed by atoms with Crippen LogP contribution < -0.4 is 4.74 Å². The summed E-state index contributed by atoms with van der Waals surface area (Å²) in [6, 6.07) is 3.24. The molecule has 0 unspecified atom stereocenters. The van der Waals surface area contributed by atoms with Gasteiger partial charge in [0.1, 0.15) is 17.2 Å². The van der Waals surface area contributed by atoms with Gasteiger partial charge in [0, 0.05) is 30.4 Å². The molecule has 1 aromatic carbocycles. The lowest BCUT2D eigenvalue weighted by molar-refractivity contribution is -0.150. The maximum absolute atomic E-state index is 11.4. The minimum absolute atomic E-state index is 0.112. The molecule has 0 atom stereocenters. The van der Waals surface area contributed by atoms with E-state index in [1.807, 2.05) is 0 Å². The molecule has 0 radical (unpaired) electrons. The maximum atomic E-state index is 11.4. The molecule has 0 aliphatic heterocycles. The van der Waals surface area contributed by atoms with Crippen LogP contribution in [0.4, 0.5) is 0 Å². The van der Waals surface area contributed by atoms with Gasteiger partial charge in [0.25, 0.3) is 0 Å². The summed E-state index contributed by atoms with van der Waals surface area (Å²) < 4.78 is 13.5. The fourth-order valence-electron chi connectivity index (χ4n) is 1.17. The number of rotatable bonds is 5. The van der Waals surface area contributed by atoms with Crippen molar-refractivity contribution in [3.05, 3.63) is 30.4 Å². The lowest BCUT2D eigenvalue weighted by atomic mass is 10.3. The second kappa shape index (κ2) is 7.53. The van der Waals surface area contributed by atoms with E-state index in [0.29, 0.717) is 0 Å². The summed E-state index contributed by atoms with van der Waals surface area (Å²) in [4.78, 5) is 33.2. The van der Waals surface area contributed by atoms with Gasteiger partial charge in [-0.05, 0) is 0 Å². The van der Waals surface area contributed by atoms with Gasteiger partial charge in [-0.2, -0.15) is 0 Å². The summed E-state index contributed by atoms with van der Waals surface area (Å²) in [5.74, 6) is -3.31. The molecule has 0 bridgehead atoms. The standard InChI is InChI=1S/C13H12O8/c1-19-11(16)2-3-12(17)20-7-13(18)21-10-5-8(14)4-9(15)6-10/h2-6,14-15H,7H2,1H3/b3-2-. The first-order chi connectivity index (χ1) is 9.90. The number of hydrogen-bond acceptors (Lipinski definition) is 8. The van der Waals surface area contributed by atoms with Crippen LogP contribution >= 0.6 is 0 Å². The minimum atomic E-state index is -0.934. The summed E-state index contributed by atoms with van der Waals surface area (Å²) in [5, 5.41) is 18.4. The van der Waals surface area contributed by atoms with Crippen molar-refractivity contribution in [3.8, 4) is 17.2 Å². The first kappa shape index (κ1) is 16.0. The molecule has 0 saturated carbocycles. The van der Waals surface area contributed by atoms with Crippen LogP contribution in [0.1, 0.15) is 0 Å². The normalized spacial score (nSPS) is 10.1. The van der Waals surface area contributed by atoms with Crippen LogP contribution in [0.15, 0.2) is 30.4 Å². The van der Waals surface area contributed by atoms with Gasteiger partial charge in [-0.15, -0.1) is 0 Å². The number of methoxy groups -OCH3 is 1. The van der Waals surface area contributed by atoms with Gasteiger partial charge in [-0.25, -0.2) is 14.4 Å². The first-order valence-electron chi connectivity index (χ1n) is 5.57. The molecule has 21 heavy (non-hydrogen) atoms. The van der Waals surface area contributed by atoms with Crippen molar-refractivity contribution >= 4 is 17.9 Å².